The number of hydrogen-bond acceptors (Lipinski definition) is 3. The SMILES string of the molecule is CC(=O)c1cccc(N2C(=O)[C@@H]3[C@H]4CC[C@@H](C4)[C@H]3C2=O)c1. The van der Waals surface area contributed by atoms with E-state index in [0.29, 0.717) is 23.1 Å². The molecule has 1 saturated heterocycles. The molecule has 2 saturated carbocycles. The Hall–Kier alpha value is -1.97. The Labute approximate surface area is 123 Å². The van der Waals surface area contributed by atoms with Crippen molar-refractivity contribution in [2.75, 3.05) is 4.90 Å². The van der Waals surface area contributed by atoms with Gasteiger partial charge in [0, 0.05) is 5.56 Å². The summed E-state index contributed by atoms with van der Waals surface area (Å²) in [6, 6.07) is 6.84. The summed E-state index contributed by atoms with van der Waals surface area (Å²) in [5.74, 6) is 0.372. The van der Waals surface area contributed by atoms with Crippen LogP contribution in [0.1, 0.15) is 36.5 Å². The van der Waals surface area contributed by atoms with E-state index in [1.54, 1.807) is 24.3 Å². The first kappa shape index (κ1) is 12.7. The molecule has 21 heavy (non-hydrogen) atoms. The molecule has 1 aliphatic heterocycles. The molecular weight excluding hydrogens is 266 g/mol. The van der Waals surface area contributed by atoms with Crippen LogP contribution in [0.2, 0.25) is 0 Å². The van der Waals surface area contributed by atoms with E-state index in [-0.39, 0.29) is 29.4 Å². The van der Waals surface area contributed by atoms with Crippen molar-refractivity contribution in [1.29, 1.82) is 0 Å². The van der Waals surface area contributed by atoms with E-state index in [9.17, 15) is 14.4 Å². The average molecular weight is 283 g/mol. The minimum absolute atomic E-state index is 0.0575. The van der Waals surface area contributed by atoms with Gasteiger partial charge in [0.1, 0.15) is 0 Å². The number of amides is 2. The van der Waals surface area contributed by atoms with Gasteiger partial charge in [-0.05, 0) is 50.2 Å². The number of anilines is 1. The monoisotopic (exact) mass is 283 g/mol. The molecular formula is C17H17NO3. The van der Waals surface area contributed by atoms with Gasteiger partial charge in [-0.25, -0.2) is 0 Å². The van der Waals surface area contributed by atoms with E-state index in [1.807, 2.05) is 0 Å². The highest BCUT2D eigenvalue weighted by molar-refractivity contribution is 6.22. The van der Waals surface area contributed by atoms with Crippen molar-refractivity contribution in [1.82, 2.24) is 0 Å². The Morgan fingerprint density at radius 3 is 2.29 bits per heavy atom. The zero-order valence-corrected chi connectivity index (χ0v) is 11.9. The van der Waals surface area contributed by atoms with Crippen molar-refractivity contribution in [3.8, 4) is 0 Å². The summed E-state index contributed by atoms with van der Waals surface area (Å²) < 4.78 is 0. The Balaban J connectivity index is 1.73. The lowest BCUT2D eigenvalue weighted by Crippen LogP contribution is -2.32. The van der Waals surface area contributed by atoms with Gasteiger partial charge in [0.25, 0.3) is 0 Å². The van der Waals surface area contributed by atoms with Crippen LogP contribution in [0.3, 0.4) is 0 Å². The smallest absolute Gasteiger partial charge is 0.237 e. The van der Waals surface area contributed by atoms with Crippen LogP contribution >= 0.6 is 0 Å². The number of carbonyl (C=O) groups is 3. The van der Waals surface area contributed by atoms with E-state index in [1.165, 1.54) is 11.8 Å². The maximum atomic E-state index is 12.7. The molecule has 3 aliphatic rings. The molecule has 2 amide bonds. The molecule has 2 bridgehead atoms. The summed E-state index contributed by atoms with van der Waals surface area (Å²) >= 11 is 0. The van der Waals surface area contributed by atoms with Gasteiger partial charge in [0.15, 0.2) is 5.78 Å². The summed E-state index contributed by atoms with van der Waals surface area (Å²) in [7, 11) is 0. The van der Waals surface area contributed by atoms with Crippen LogP contribution in [0.4, 0.5) is 5.69 Å². The fourth-order valence-corrected chi connectivity index (χ4v) is 4.53. The van der Waals surface area contributed by atoms with Crippen LogP contribution < -0.4 is 4.90 Å². The van der Waals surface area contributed by atoms with Crippen LogP contribution in [0.25, 0.3) is 0 Å². The summed E-state index contributed by atoms with van der Waals surface area (Å²) in [4.78, 5) is 38.2. The van der Waals surface area contributed by atoms with Gasteiger partial charge < -0.3 is 0 Å². The average Bonchev–Trinajstić information content (AvgIpc) is 3.13. The Bertz CT molecular complexity index is 638. The molecule has 0 N–H and O–H groups in total. The van der Waals surface area contributed by atoms with Crippen molar-refractivity contribution in [2.45, 2.75) is 26.2 Å². The largest absolute Gasteiger partial charge is 0.295 e. The van der Waals surface area contributed by atoms with Crippen LogP contribution in [0.15, 0.2) is 24.3 Å². The Morgan fingerprint density at radius 2 is 1.71 bits per heavy atom. The van der Waals surface area contributed by atoms with E-state index < -0.39 is 0 Å². The quantitative estimate of drug-likeness (QED) is 0.618. The molecule has 108 valence electrons. The summed E-state index contributed by atoms with van der Waals surface area (Å²) in [5.41, 5.74) is 1.08. The standard InChI is InChI=1S/C17H17NO3/c1-9(19)10-3-2-4-13(8-10)18-16(20)14-11-5-6-12(7-11)15(14)17(18)21/h2-4,8,11-12,14-15H,5-7H2,1H3/t11-,12-,14+,15+/m0/s1. The topological polar surface area (TPSA) is 54.5 Å². The lowest BCUT2D eigenvalue weighted by atomic mass is 9.81. The molecule has 0 spiro atoms. The lowest BCUT2D eigenvalue weighted by molar-refractivity contribution is -0.123. The van der Waals surface area contributed by atoms with Crippen molar-refractivity contribution in [2.24, 2.45) is 23.7 Å². The highest BCUT2D eigenvalue weighted by atomic mass is 16.2. The number of carbonyl (C=O) groups excluding carboxylic acids is 3. The molecule has 0 unspecified atom stereocenters. The third-order valence-corrected chi connectivity index (χ3v) is 5.44. The molecule has 4 atom stereocenters. The molecule has 4 nitrogen and oxygen atoms in total. The first-order valence-corrected chi connectivity index (χ1v) is 7.56. The molecule has 2 aliphatic carbocycles. The highest BCUT2D eigenvalue weighted by Gasteiger charge is 2.61. The predicted octanol–water partition coefficient (Wildman–Crippen LogP) is 2.42. The summed E-state index contributed by atoms with van der Waals surface area (Å²) in [5, 5.41) is 0. The van der Waals surface area contributed by atoms with Crippen LogP contribution in [0, 0.1) is 23.7 Å². The van der Waals surface area contributed by atoms with Crippen molar-refractivity contribution < 1.29 is 14.4 Å². The highest BCUT2D eigenvalue weighted by Crippen LogP contribution is 2.56. The number of imide groups is 1. The maximum Gasteiger partial charge on any atom is 0.237 e. The van der Waals surface area contributed by atoms with E-state index >= 15 is 0 Å². The van der Waals surface area contributed by atoms with Crippen LogP contribution in [-0.2, 0) is 9.59 Å². The second kappa shape index (κ2) is 4.26. The van der Waals surface area contributed by atoms with Crippen molar-refractivity contribution in [3.05, 3.63) is 29.8 Å². The van der Waals surface area contributed by atoms with Crippen molar-refractivity contribution in [3.63, 3.8) is 0 Å². The van der Waals surface area contributed by atoms with Gasteiger partial charge in [0.2, 0.25) is 11.8 Å². The molecule has 4 rings (SSSR count). The van der Waals surface area contributed by atoms with Gasteiger partial charge in [-0.3, -0.25) is 19.3 Å². The maximum absolute atomic E-state index is 12.7. The van der Waals surface area contributed by atoms with Gasteiger partial charge in [-0.15, -0.1) is 0 Å². The number of benzene rings is 1. The second-order valence-electron chi connectivity index (χ2n) is 6.50. The normalized spacial score (nSPS) is 33.7. The molecule has 0 aromatic heterocycles. The molecule has 1 aromatic rings. The predicted molar refractivity (Wildman–Crippen MR) is 76.8 cm³/mol. The summed E-state index contributed by atoms with van der Waals surface area (Å²) in [6.45, 7) is 1.49. The van der Waals surface area contributed by atoms with Crippen LogP contribution in [-0.4, -0.2) is 17.6 Å². The molecule has 4 heteroatoms. The van der Waals surface area contributed by atoms with Gasteiger partial charge in [-0.2, -0.15) is 0 Å². The third kappa shape index (κ3) is 1.65. The second-order valence-corrected chi connectivity index (χ2v) is 6.50. The first-order valence-electron chi connectivity index (χ1n) is 7.56. The number of ketones is 1. The number of Topliss-reactive ketones (excluding diaryl/α,β-unsaturated/α-hetero) is 1. The fourth-order valence-electron chi connectivity index (χ4n) is 4.53. The number of hydrogen-bond donors (Lipinski definition) is 0. The Kier molecular flexibility index (Phi) is 2.59. The summed E-state index contributed by atoms with van der Waals surface area (Å²) in [6.07, 6.45) is 3.19. The van der Waals surface area contributed by atoms with Gasteiger partial charge in [0.05, 0.1) is 17.5 Å². The zero-order valence-electron chi connectivity index (χ0n) is 11.9. The molecule has 1 aromatic carbocycles. The van der Waals surface area contributed by atoms with Gasteiger partial charge in [-0.1, -0.05) is 12.1 Å². The number of rotatable bonds is 2. The molecule has 3 fully saturated rings. The zero-order chi connectivity index (χ0) is 14.7. The lowest BCUT2D eigenvalue weighted by Gasteiger charge is -2.19. The van der Waals surface area contributed by atoms with Gasteiger partial charge >= 0.3 is 0 Å². The van der Waals surface area contributed by atoms with E-state index in [2.05, 4.69) is 0 Å². The third-order valence-electron chi connectivity index (χ3n) is 5.44. The van der Waals surface area contributed by atoms with E-state index in [0.717, 1.165) is 19.3 Å². The molecule has 1 heterocycles. The fraction of sp³-hybridized carbons (Fsp3) is 0.471. The minimum Gasteiger partial charge on any atom is -0.295 e. The first-order chi connectivity index (χ1) is 10.1. The molecule has 0 radical (unpaired) electrons. The Morgan fingerprint density at radius 1 is 1.10 bits per heavy atom. The van der Waals surface area contributed by atoms with Crippen LogP contribution in [0.5, 0.6) is 0 Å². The number of fused-ring (bicyclic) bond motifs is 5. The number of nitrogens with zero attached hydrogens (tertiary/aromatic N) is 1. The minimum atomic E-state index is -0.114. The van der Waals surface area contributed by atoms with Crippen molar-refractivity contribution >= 4 is 23.3 Å². The van der Waals surface area contributed by atoms with E-state index in [4.69, 9.17) is 0 Å².